The molecule has 1 amide bonds. The van der Waals surface area contributed by atoms with Crippen LogP contribution in [0, 0.1) is 6.92 Å². The molecule has 0 atom stereocenters. The minimum atomic E-state index is -1.01. The van der Waals surface area contributed by atoms with E-state index in [-0.39, 0.29) is 17.2 Å². The van der Waals surface area contributed by atoms with Gasteiger partial charge in [0.2, 0.25) is 5.76 Å². The van der Waals surface area contributed by atoms with Gasteiger partial charge in [0.25, 0.3) is 5.91 Å². The Balaban J connectivity index is 2.00. The normalized spacial score (nSPS) is 13.3. The first kappa shape index (κ1) is 12.4. The molecular formula is C14H12N2O4. The second kappa shape index (κ2) is 4.48. The van der Waals surface area contributed by atoms with Crippen LogP contribution in [0.2, 0.25) is 0 Å². The molecule has 0 saturated carbocycles. The van der Waals surface area contributed by atoms with Gasteiger partial charge in [-0.15, -0.1) is 0 Å². The van der Waals surface area contributed by atoms with Crippen LogP contribution in [-0.2, 0) is 6.42 Å². The number of anilines is 1. The largest absolute Gasteiger partial charge is 0.478 e. The first-order valence-corrected chi connectivity index (χ1v) is 6.17. The topological polar surface area (TPSA) is 83.6 Å². The van der Waals surface area contributed by atoms with E-state index in [0.717, 1.165) is 5.56 Å². The Kier molecular flexibility index (Phi) is 2.78. The molecule has 2 aromatic rings. The van der Waals surface area contributed by atoms with Gasteiger partial charge in [-0.3, -0.25) is 4.79 Å². The number of aryl methyl sites for hydroxylation is 1. The number of aromatic nitrogens is 1. The number of carbonyl (C=O) groups is 2. The molecule has 0 unspecified atom stereocenters. The average Bonchev–Trinajstić information content (AvgIpc) is 3.03. The molecule has 2 heterocycles. The van der Waals surface area contributed by atoms with Crippen LogP contribution in [-0.4, -0.2) is 28.7 Å². The standard InChI is InChI=1S/C14H12N2O4/c1-8-7-15-20-12(8)13(17)16-5-4-9-2-3-10(14(18)19)6-11(9)16/h2-3,6-7H,4-5H2,1H3,(H,18,19). The van der Waals surface area contributed by atoms with E-state index in [1.807, 2.05) is 0 Å². The Morgan fingerprint density at radius 3 is 2.85 bits per heavy atom. The van der Waals surface area contributed by atoms with Crippen molar-refractivity contribution in [3.63, 3.8) is 0 Å². The van der Waals surface area contributed by atoms with E-state index in [1.54, 1.807) is 19.1 Å². The molecule has 1 N–H and O–H groups in total. The molecule has 0 bridgehead atoms. The maximum absolute atomic E-state index is 12.4. The molecule has 0 radical (unpaired) electrons. The van der Waals surface area contributed by atoms with E-state index in [9.17, 15) is 9.59 Å². The second-order valence-electron chi connectivity index (χ2n) is 4.69. The molecule has 6 nitrogen and oxygen atoms in total. The smallest absolute Gasteiger partial charge is 0.335 e. The van der Waals surface area contributed by atoms with E-state index in [4.69, 9.17) is 9.63 Å². The van der Waals surface area contributed by atoms with Crippen molar-refractivity contribution in [3.05, 3.63) is 46.8 Å². The summed E-state index contributed by atoms with van der Waals surface area (Å²) in [6, 6.07) is 4.82. The Labute approximate surface area is 114 Å². The Bertz CT molecular complexity index is 705. The fraction of sp³-hybridized carbons (Fsp3) is 0.214. The molecule has 102 valence electrons. The third-order valence-corrected chi connectivity index (χ3v) is 3.42. The minimum absolute atomic E-state index is 0.165. The molecule has 1 aromatic heterocycles. The first-order valence-electron chi connectivity index (χ1n) is 6.17. The number of aromatic carboxylic acids is 1. The lowest BCUT2D eigenvalue weighted by atomic mass is 10.1. The minimum Gasteiger partial charge on any atom is -0.478 e. The Morgan fingerprint density at radius 1 is 1.40 bits per heavy atom. The maximum Gasteiger partial charge on any atom is 0.335 e. The number of hydrogen-bond acceptors (Lipinski definition) is 4. The summed E-state index contributed by atoms with van der Waals surface area (Å²) in [5.74, 6) is -1.11. The summed E-state index contributed by atoms with van der Waals surface area (Å²) in [5, 5.41) is 12.6. The van der Waals surface area contributed by atoms with Gasteiger partial charge < -0.3 is 14.5 Å². The zero-order valence-electron chi connectivity index (χ0n) is 10.8. The van der Waals surface area contributed by atoms with Gasteiger partial charge in [0, 0.05) is 17.8 Å². The average molecular weight is 272 g/mol. The highest BCUT2D eigenvalue weighted by Crippen LogP contribution is 2.30. The molecule has 20 heavy (non-hydrogen) atoms. The number of amides is 1. The van der Waals surface area contributed by atoms with E-state index in [2.05, 4.69) is 5.16 Å². The fourth-order valence-electron chi connectivity index (χ4n) is 2.34. The highest BCUT2D eigenvalue weighted by Gasteiger charge is 2.29. The van der Waals surface area contributed by atoms with Crippen molar-refractivity contribution in [1.29, 1.82) is 0 Å². The van der Waals surface area contributed by atoms with Crippen molar-refractivity contribution in [3.8, 4) is 0 Å². The number of carbonyl (C=O) groups excluding carboxylic acids is 1. The van der Waals surface area contributed by atoms with Crippen molar-refractivity contribution in [2.45, 2.75) is 13.3 Å². The highest BCUT2D eigenvalue weighted by molar-refractivity contribution is 6.06. The quantitative estimate of drug-likeness (QED) is 0.902. The zero-order chi connectivity index (χ0) is 14.3. The number of nitrogens with zero attached hydrogens (tertiary/aromatic N) is 2. The molecule has 3 rings (SSSR count). The Hall–Kier alpha value is -2.63. The van der Waals surface area contributed by atoms with Crippen LogP contribution in [0.15, 0.2) is 28.9 Å². The summed E-state index contributed by atoms with van der Waals surface area (Å²) < 4.78 is 4.97. The van der Waals surface area contributed by atoms with Crippen LogP contribution in [0.4, 0.5) is 5.69 Å². The first-order chi connectivity index (χ1) is 9.58. The summed E-state index contributed by atoms with van der Waals surface area (Å²) in [5.41, 5.74) is 2.42. The molecule has 0 aliphatic carbocycles. The SMILES string of the molecule is Cc1cnoc1C(=O)N1CCc2ccc(C(=O)O)cc21. The highest BCUT2D eigenvalue weighted by atomic mass is 16.5. The predicted molar refractivity (Wildman–Crippen MR) is 70.0 cm³/mol. The summed E-state index contributed by atoms with van der Waals surface area (Å²) >= 11 is 0. The molecule has 1 aromatic carbocycles. The molecule has 6 heteroatoms. The number of rotatable bonds is 2. The van der Waals surface area contributed by atoms with E-state index in [0.29, 0.717) is 24.2 Å². The predicted octanol–water partition coefficient (Wildman–Crippen LogP) is 1.88. The third-order valence-electron chi connectivity index (χ3n) is 3.42. The van der Waals surface area contributed by atoms with E-state index >= 15 is 0 Å². The van der Waals surface area contributed by atoms with Crippen LogP contribution < -0.4 is 4.90 Å². The molecule has 1 aliphatic heterocycles. The number of carboxylic acid groups (broad SMARTS) is 1. The number of hydrogen-bond donors (Lipinski definition) is 1. The number of carboxylic acids is 1. The lowest BCUT2D eigenvalue weighted by Crippen LogP contribution is -2.29. The number of benzene rings is 1. The molecule has 0 spiro atoms. The molecular weight excluding hydrogens is 260 g/mol. The summed E-state index contributed by atoms with van der Waals surface area (Å²) in [6.45, 7) is 2.26. The van der Waals surface area contributed by atoms with Gasteiger partial charge in [0.05, 0.1) is 11.8 Å². The van der Waals surface area contributed by atoms with Crippen LogP contribution in [0.5, 0.6) is 0 Å². The van der Waals surface area contributed by atoms with Gasteiger partial charge in [0.1, 0.15) is 0 Å². The van der Waals surface area contributed by atoms with Crippen molar-refractivity contribution < 1.29 is 19.2 Å². The summed E-state index contributed by atoms with van der Waals surface area (Å²) in [7, 11) is 0. The molecule has 0 fully saturated rings. The Morgan fingerprint density at radius 2 is 2.20 bits per heavy atom. The lowest BCUT2D eigenvalue weighted by Gasteiger charge is -2.16. The number of fused-ring (bicyclic) bond motifs is 1. The van der Waals surface area contributed by atoms with Gasteiger partial charge in [-0.1, -0.05) is 11.2 Å². The maximum atomic E-state index is 12.4. The monoisotopic (exact) mass is 272 g/mol. The van der Waals surface area contributed by atoms with Crippen LogP contribution in [0.3, 0.4) is 0 Å². The van der Waals surface area contributed by atoms with Crippen molar-refractivity contribution in [1.82, 2.24) is 5.16 Å². The second-order valence-corrected chi connectivity index (χ2v) is 4.69. The summed E-state index contributed by atoms with van der Waals surface area (Å²) in [6.07, 6.45) is 2.19. The van der Waals surface area contributed by atoms with Gasteiger partial charge >= 0.3 is 5.97 Å². The zero-order valence-corrected chi connectivity index (χ0v) is 10.8. The van der Waals surface area contributed by atoms with E-state index < -0.39 is 5.97 Å². The summed E-state index contributed by atoms with van der Waals surface area (Å²) in [4.78, 5) is 25.0. The van der Waals surface area contributed by atoms with Gasteiger partial charge in [0.15, 0.2) is 0 Å². The van der Waals surface area contributed by atoms with Crippen LogP contribution in [0.1, 0.15) is 32.0 Å². The lowest BCUT2D eigenvalue weighted by molar-refractivity contribution is 0.0696. The van der Waals surface area contributed by atoms with Gasteiger partial charge in [-0.2, -0.15) is 0 Å². The van der Waals surface area contributed by atoms with Crippen LogP contribution in [0.25, 0.3) is 0 Å². The van der Waals surface area contributed by atoms with Gasteiger partial charge in [-0.25, -0.2) is 4.79 Å². The van der Waals surface area contributed by atoms with Crippen molar-refractivity contribution >= 4 is 17.6 Å². The fourth-order valence-corrected chi connectivity index (χ4v) is 2.34. The third kappa shape index (κ3) is 1.85. The molecule has 1 aliphatic rings. The van der Waals surface area contributed by atoms with Crippen molar-refractivity contribution in [2.75, 3.05) is 11.4 Å². The van der Waals surface area contributed by atoms with Crippen LogP contribution >= 0.6 is 0 Å². The van der Waals surface area contributed by atoms with Gasteiger partial charge in [-0.05, 0) is 31.0 Å². The molecule has 0 saturated heterocycles. The van der Waals surface area contributed by atoms with Crippen molar-refractivity contribution in [2.24, 2.45) is 0 Å². The van der Waals surface area contributed by atoms with E-state index in [1.165, 1.54) is 17.2 Å².